The third kappa shape index (κ3) is 2.40. The Balaban J connectivity index is 1.64. The van der Waals surface area contributed by atoms with Gasteiger partial charge in [0.05, 0.1) is 12.1 Å². The van der Waals surface area contributed by atoms with E-state index in [-0.39, 0.29) is 23.8 Å². The van der Waals surface area contributed by atoms with Crippen molar-refractivity contribution in [3.63, 3.8) is 0 Å². The van der Waals surface area contributed by atoms with E-state index >= 15 is 0 Å². The lowest BCUT2D eigenvalue weighted by Crippen LogP contribution is -2.40. The molecule has 3 nitrogen and oxygen atoms in total. The molecule has 3 heterocycles. The quantitative estimate of drug-likeness (QED) is 0.706. The molecule has 0 saturated carbocycles. The van der Waals surface area contributed by atoms with Crippen molar-refractivity contribution in [3.05, 3.63) is 63.4 Å². The normalized spacial score (nSPS) is 24.3. The van der Waals surface area contributed by atoms with Crippen LogP contribution in [0.25, 0.3) is 0 Å². The number of para-hydroxylation sites is 1. The molecule has 2 aromatic carbocycles. The molecule has 1 saturated heterocycles. The van der Waals surface area contributed by atoms with Crippen molar-refractivity contribution < 1.29 is 9.18 Å². The summed E-state index contributed by atoms with van der Waals surface area (Å²) in [6.07, 6.45) is 3.29. The van der Waals surface area contributed by atoms with Crippen molar-refractivity contribution in [2.24, 2.45) is 0 Å². The highest BCUT2D eigenvalue weighted by Gasteiger charge is 2.42. The van der Waals surface area contributed by atoms with Gasteiger partial charge < -0.3 is 9.80 Å². The van der Waals surface area contributed by atoms with Crippen LogP contribution in [-0.2, 0) is 11.2 Å². The average molecular weight is 415 g/mol. The van der Waals surface area contributed by atoms with E-state index in [0.717, 1.165) is 42.4 Å². The van der Waals surface area contributed by atoms with Gasteiger partial charge in [-0.2, -0.15) is 0 Å². The summed E-state index contributed by atoms with van der Waals surface area (Å²) in [6.45, 7) is 1.72. The fourth-order valence-electron chi connectivity index (χ4n) is 4.92. The lowest BCUT2D eigenvalue weighted by Gasteiger charge is -2.43. The standard InChI is InChI=1S/C21H20BrFN2O/c22-14-6-7-15(17(23)11-14)18-12-19(24-9-2-5-20(24)26)16-4-1-3-13-8-10-25(18)21(13)16/h1,3-4,6-7,11,18-19H,2,5,8-10,12H2. The first-order chi connectivity index (χ1) is 12.6. The molecule has 1 amide bonds. The van der Waals surface area contributed by atoms with Crippen molar-refractivity contribution in [1.82, 2.24) is 4.90 Å². The zero-order valence-electron chi connectivity index (χ0n) is 14.4. The number of carbonyl (C=O) groups is 1. The van der Waals surface area contributed by atoms with Crippen LogP contribution >= 0.6 is 15.9 Å². The second-order valence-corrected chi connectivity index (χ2v) is 8.34. The second kappa shape index (κ2) is 6.08. The van der Waals surface area contributed by atoms with Gasteiger partial charge >= 0.3 is 0 Å². The third-order valence-corrected chi connectivity index (χ3v) is 6.54. The first-order valence-corrected chi connectivity index (χ1v) is 10.1. The molecule has 5 rings (SSSR count). The van der Waals surface area contributed by atoms with Gasteiger partial charge in [0.1, 0.15) is 5.82 Å². The minimum Gasteiger partial charge on any atom is -0.363 e. The van der Waals surface area contributed by atoms with E-state index < -0.39 is 0 Å². The Morgan fingerprint density at radius 1 is 1.00 bits per heavy atom. The molecule has 0 bridgehead atoms. The van der Waals surface area contributed by atoms with E-state index in [1.165, 1.54) is 16.8 Å². The van der Waals surface area contributed by atoms with Crippen LogP contribution in [0.2, 0.25) is 0 Å². The number of nitrogens with zero attached hydrogens (tertiary/aromatic N) is 2. The number of benzene rings is 2. The first-order valence-electron chi connectivity index (χ1n) is 9.26. The van der Waals surface area contributed by atoms with Crippen molar-refractivity contribution in [3.8, 4) is 0 Å². The predicted octanol–water partition coefficient (Wildman–Crippen LogP) is 4.76. The number of rotatable bonds is 2. The number of hydrogen-bond donors (Lipinski definition) is 0. The summed E-state index contributed by atoms with van der Waals surface area (Å²) in [5.41, 5.74) is 4.52. The van der Waals surface area contributed by atoms with E-state index in [1.807, 2.05) is 17.0 Å². The molecule has 0 radical (unpaired) electrons. The Bertz CT molecular complexity index is 900. The molecule has 0 aliphatic carbocycles. The van der Waals surface area contributed by atoms with Gasteiger partial charge in [-0.15, -0.1) is 0 Å². The first kappa shape index (κ1) is 16.3. The van der Waals surface area contributed by atoms with Gasteiger partial charge in [-0.1, -0.05) is 40.2 Å². The van der Waals surface area contributed by atoms with Crippen molar-refractivity contribution >= 4 is 27.5 Å². The Labute approximate surface area is 160 Å². The van der Waals surface area contributed by atoms with Crippen LogP contribution in [-0.4, -0.2) is 23.9 Å². The Morgan fingerprint density at radius 2 is 1.85 bits per heavy atom. The molecular weight excluding hydrogens is 395 g/mol. The van der Waals surface area contributed by atoms with E-state index in [9.17, 15) is 9.18 Å². The van der Waals surface area contributed by atoms with Crippen LogP contribution in [0.4, 0.5) is 10.1 Å². The maximum atomic E-state index is 14.8. The van der Waals surface area contributed by atoms with Crippen molar-refractivity contribution in [2.75, 3.05) is 18.0 Å². The Hall–Kier alpha value is -1.88. The maximum Gasteiger partial charge on any atom is 0.223 e. The van der Waals surface area contributed by atoms with Crippen LogP contribution in [0, 0.1) is 5.82 Å². The zero-order valence-corrected chi connectivity index (χ0v) is 16.0. The summed E-state index contributed by atoms with van der Waals surface area (Å²) in [5, 5.41) is 0. The van der Waals surface area contributed by atoms with Crippen LogP contribution in [0.1, 0.15) is 48.0 Å². The number of hydrogen-bond acceptors (Lipinski definition) is 2. The SMILES string of the molecule is O=C1CCCN1C1CC(c2ccc(Br)cc2F)N2CCc3cccc1c32. The van der Waals surface area contributed by atoms with Gasteiger partial charge in [0.2, 0.25) is 5.91 Å². The van der Waals surface area contributed by atoms with E-state index in [0.29, 0.717) is 6.42 Å². The average Bonchev–Trinajstić information content (AvgIpc) is 3.24. The number of likely N-dealkylation sites (tertiary alicyclic amines) is 1. The maximum absolute atomic E-state index is 14.8. The van der Waals surface area contributed by atoms with Gasteiger partial charge in [-0.3, -0.25) is 4.79 Å². The number of halogens is 2. The van der Waals surface area contributed by atoms with Gasteiger partial charge in [0.25, 0.3) is 0 Å². The summed E-state index contributed by atoms with van der Waals surface area (Å²) in [5.74, 6) is 0.0535. The largest absolute Gasteiger partial charge is 0.363 e. The van der Waals surface area contributed by atoms with Crippen LogP contribution in [0.5, 0.6) is 0 Å². The van der Waals surface area contributed by atoms with E-state index in [2.05, 4.69) is 39.0 Å². The van der Waals surface area contributed by atoms with Gasteiger partial charge in [-0.25, -0.2) is 4.39 Å². The second-order valence-electron chi connectivity index (χ2n) is 7.42. The molecule has 0 aromatic heterocycles. The molecule has 3 aliphatic rings. The molecule has 2 unspecified atom stereocenters. The molecule has 5 heteroatoms. The van der Waals surface area contributed by atoms with Crippen molar-refractivity contribution in [1.29, 1.82) is 0 Å². The summed E-state index contributed by atoms with van der Waals surface area (Å²) < 4.78 is 15.5. The lowest BCUT2D eigenvalue weighted by molar-refractivity contribution is -0.130. The van der Waals surface area contributed by atoms with Crippen LogP contribution in [0.15, 0.2) is 40.9 Å². The van der Waals surface area contributed by atoms with Gasteiger partial charge in [0, 0.05) is 35.2 Å². The molecule has 0 N–H and O–H groups in total. The molecule has 134 valence electrons. The van der Waals surface area contributed by atoms with Crippen LogP contribution in [0.3, 0.4) is 0 Å². The predicted molar refractivity (Wildman–Crippen MR) is 103 cm³/mol. The minimum absolute atomic E-state index is 0.0300. The van der Waals surface area contributed by atoms with E-state index in [4.69, 9.17) is 0 Å². The Morgan fingerprint density at radius 3 is 2.62 bits per heavy atom. The van der Waals surface area contributed by atoms with Crippen LogP contribution < -0.4 is 4.90 Å². The summed E-state index contributed by atoms with van der Waals surface area (Å²) in [4.78, 5) is 16.8. The monoisotopic (exact) mass is 414 g/mol. The third-order valence-electron chi connectivity index (χ3n) is 6.05. The number of anilines is 1. The topological polar surface area (TPSA) is 23.6 Å². The Kier molecular flexibility index (Phi) is 3.82. The molecule has 2 atom stereocenters. The zero-order chi connectivity index (χ0) is 17.8. The molecular formula is C21H20BrFN2O. The molecule has 2 aromatic rings. The van der Waals surface area contributed by atoms with Gasteiger partial charge in [0.15, 0.2) is 0 Å². The highest BCUT2D eigenvalue weighted by molar-refractivity contribution is 9.10. The van der Waals surface area contributed by atoms with E-state index in [1.54, 1.807) is 6.07 Å². The van der Waals surface area contributed by atoms with Crippen molar-refractivity contribution in [2.45, 2.75) is 37.8 Å². The molecule has 3 aliphatic heterocycles. The van der Waals surface area contributed by atoms with Gasteiger partial charge in [-0.05, 0) is 42.5 Å². The molecule has 1 fully saturated rings. The summed E-state index contributed by atoms with van der Waals surface area (Å²) in [7, 11) is 0. The fraction of sp³-hybridized carbons (Fsp3) is 0.381. The highest BCUT2D eigenvalue weighted by atomic mass is 79.9. The molecule has 0 spiro atoms. The number of carbonyl (C=O) groups excluding carboxylic acids is 1. The summed E-state index contributed by atoms with van der Waals surface area (Å²) >= 11 is 3.36. The lowest BCUT2D eigenvalue weighted by atomic mass is 9.86. The number of amides is 1. The highest BCUT2D eigenvalue weighted by Crippen LogP contribution is 2.51. The smallest absolute Gasteiger partial charge is 0.223 e. The summed E-state index contributed by atoms with van der Waals surface area (Å²) in [6, 6.07) is 11.8. The minimum atomic E-state index is -0.177. The fourth-order valence-corrected chi connectivity index (χ4v) is 5.26. The molecule has 26 heavy (non-hydrogen) atoms.